The van der Waals surface area contributed by atoms with E-state index in [0.717, 1.165) is 22.2 Å². The van der Waals surface area contributed by atoms with Crippen LogP contribution in [0.1, 0.15) is 16.8 Å². The molecule has 1 aromatic carbocycles. The van der Waals surface area contributed by atoms with Crippen LogP contribution in [0.25, 0.3) is 10.9 Å². The summed E-state index contributed by atoms with van der Waals surface area (Å²) in [5.41, 5.74) is 4.13. The maximum atomic E-state index is 13.4. The standard InChI is InChI=1S/C17H16FN3/c1-10-4-5-13-8-14(9-19-16(13)6-10)21-17-11(2)7-15(18)12(3)20-17/h4-9H,1-3H3,(H,20,21). The van der Waals surface area contributed by atoms with Gasteiger partial charge in [0, 0.05) is 5.39 Å². The highest BCUT2D eigenvalue weighted by atomic mass is 19.1. The van der Waals surface area contributed by atoms with Crippen LogP contribution in [0.2, 0.25) is 0 Å². The maximum absolute atomic E-state index is 13.4. The lowest BCUT2D eigenvalue weighted by atomic mass is 10.1. The molecule has 0 radical (unpaired) electrons. The third kappa shape index (κ3) is 2.70. The molecule has 0 bridgehead atoms. The van der Waals surface area contributed by atoms with E-state index in [2.05, 4.69) is 21.4 Å². The van der Waals surface area contributed by atoms with Gasteiger partial charge < -0.3 is 5.32 Å². The highest BCUT2D eigenvalue weighted by Gasteiger charge is 2.07. The lowest BCUT2D eigenvalue weighted by molar-refractivity contribution is 0.609. The summed E-state index contributed by atoms with van der Waals surface area (Å²) in [4.78, 5) is 8.69. The second-order valence-electron chi connectivity index (χ2n) is 5.27. The smallest absolute Gasteiger partial charge is 0.144 e. The molecule has 106 valence electrons. The van der Waals surface area contributed by atoms with Gasteiger partial charge >= 0.3 is 0 Å². The van der Waals surface area contributed by atoms with Crippen molar-refractivity contribution in [3.05, 3.63) is 59.2 Å². The summed E-state index contributed by atoms with van der Waals surface area (Å²) in [6, 6.07) is 9.65. The van der Waals surface area contributed by atoms with E-state index in [1.807, 2.05) is 32.0 Å². The van der Waals surface area contributed by atoms with Gasteiger partial charge in [0.25, 0.3) is 0 Å². The topological polar surface area (TPSA) is 37.8 Å². The second kappa shape index (κ2) is 5.13. The lowest BCUT2D eigenvalue weighted by Gasteiger charge is -2.10. The Morgan fingerprint density at radius 3 is 2.67 bits per heavy atom. The predicted octanol–water partition coefficient (Wildman–Crippen LogP) is 4.44. The number of benzene rings is 1. The van der Waals surface area contributed by atoms with Gasteiger partial charge in [-0.1, -0.05) is 12.1 Å². The Hall–Kier alpha value is -2.49. The molecular weight excluding hydrogens is 265 g/mol. The van der Waals surface area contributed by atoms with Gasteiger partial charge in [-0.25, -0.2) is 9.37 Å². The van der Waals surface area contributed by atoms with Crippen molar-refractivity contribution in [2.75, 3.05) is 5.32 Å². The van der Waals surface area contributed by atoms with E-state index in [9.17, 15) is 4.39 Å². The molecule has 0 aliphatic carbocycles. The Morgan fingerprint density at radius 1 is 1.05 bits per heavy atom. The number of anilines is 2. The van der Waals surface area contributed by atoms with Crippen molar-refractivity contribution in [2.45, 2.75) is 20.8 Å². The van der Waals surface area contributed by atoms with Crippen molar-refractivity contribution < 1.29 is 4.39 Å². The molecule has 21 heavy (non-hydrogen) atoms. The number of hydrogen-bond donors (Lipinski definition) is 1. The minimum absolute atomic E-state index is 0.287. The minimum atomic E-state index is -0.287. The molecule has 3 aromatic rings. The van der Waals surface area contributed by atoms with E-state index in [1.165, 1.54) is 11.6 Å². The zero-order valence-electron chi connectivity index (χ0n) is 12.2. The second-order valence-corrected chi connectivity index (χ2v) is 5.27. The molecule has 0 spiro atoms. The van der Waals surface area contributed by atoms with E-state index < -0.39 is 0 Å². The van der Waals surface area contributed by atoms with Crippen LogP contribution in [0.5, 0.6) is 0 Å². The molecule has 1 N–H and O–H groups in total. The van der Waals surface area contributed by atoms with Gasteiger partial charge in [-0.3, -0.25) is 4.98 Å². The molecule has 0 unspecified atom stereocenters. The number of aryl methyl sites for hydroxylation is 3. The Balaban J connectivity index is 1.98. The van der Waals surface area contributed by atoms with Crippen molar-refractivity contribution in [1.29, 1.82) is 0 Å². The van der Waals surface area contributed by atoms with Crippen molar-refractivity contribution in [3.8, 4) is 0 Å². The molecule has 3 rings (SSSR count). The molecule has 2 heterocycles. The maximum Gasteiger partial charge on any atom is 0.144 e. The third-order valence-electron chi connectivity index (χ3n) is 3.44. The first-order valence-electron chi connectivity index (χ1n) is 6.80. The van der Waals surface area contributed by atoms with Crippen LogP contribution in [0.3, 0.4) is 0 Å². The molecule has 0 saturated heterocycles. The van der Waals surface area contributed by atoms with Gasteiger partial charge in [0.15, 0.2) is 0 Å². The predicted molar refractivity (Wildman–Crippen MR) is 83.4 cm³/mol. The van der Waals surface area contributed by atoms with Crippen LogP contribution in [-0.2, 0) is 0 Å². The van der Waals surface area contributed by atoms with E-state index in [-0.39, 0.29) is 5.82 Å². The van der Waals surface area contributed by atoms with Crippen LogP contribution >= 0.6 is 0 Å². The Bertz CT molecular complexity index is 828. The van der Waals surface area contributed by atoms with Gasteiger partial charge in [-0.05, 0) is 50.1 Å². The number of nitrogens with one attached hydrogen (secondary N) is 1. The minimum Gasteiger partial charge on any atom is -0.339 e. The summed E-state index contributed by atoms with van der Waals surface area (Å²) in [7, 11) is 0. The monoisotopic (exact) mass is 281 g/mol. The Morgan fingerprint density at radius 2 is 1.86 bits per heavy atom. The summed E-state index contributed by atoms with van der Waals surface area (Å²) < 4.78 is 13.4. The van der Waals surface area contributed by atoms with Gasteiger partial charge in [0.1, 0.15) is 11.6 Å². The molecule has 0 aliphatic heterocycles. The zero-order valence-corrected chi connectivity index (χ0v) is 12.2. The van der Waals surface area contributed by atoms with E-state index in [1.54, 1.807) is 13.1 Å². The molecular formula is C17H16FN3. The Labute approximate surface area is 122 Å². The molecule has 0 atom stereocenters. The average molecular weight is 281 g/mol. The highest BCUT2D eigenvalue weighted by molar-refractivity contribution is 5.83. The van der Waals surface area contributed by atoms with Gasteiger partial charge in [0.05, 0.1) is 23.1 Å². The molecule has 0 aliphatic rings. The summed E-state index contributed by atoms with van der Waals surface area (Å²) in [5.74, 6) is 0.368. The molecule has 0 saturated carbocycles. The molecule has 0 amide bonds. The van der Waals surface area contributed by atoms with E-state index in [0.29, 0.717) is 11.5 Å². The van der Waals surface area contributed by atoms with Gasteiger partial charge in [-0.2, -0.15) is 0 Å². The number of hydrogen-bond acceptors (Lipinski definition) is 3. The number of nitrogens with zero attached hydrogens (tertiary/aromatic N) is 2. The molecule has 3 nitrogen and oxygen atoms in total. The number of aromatic nitrogens is 2. The fourth-order valence-electron chi connectivity index (χ4n) is 2.24. The van der Waals surface area contributed by atoms with Gasteiger partial charge in [-0.15, -0.1) is 0 Å². The SMILES string of the molecule is Cc1ccc2cc(Nc3nc(C)c(F)cc3C)cnc2c1. The van der Waals surface area contributed by atoms with Crippen LogP contribution < -0.4 is 5.32 Å². The van der Waals surface area contributed by atoms with Crippen LogP contribution in [0, 0.1) is 26.6 Å². The Kier molecular flexibility index (Phi) is 3.29. The van der Waals surface area contributed by atoms with Crippen LogP contribution in [0.15, 0.2) is 36.5 Å². The van der Waals surface area contributed by atoms with Crippen molar-refractivity contribution in [1.82, 2.24) is 9.97 Å². The van der Waals surface area contributed by atoms with Crippen LogP contribution in [0.4, 0.5) is 15.9 Å². The number of pyridine rings is 2. The molecule has 0 fully saturated rings. The zero-order chi connectivity index (χ0) is 15.0. The number of halogens is 1. The van der Waals surface area contributed by atoms with Crippen LogP contribution in [-0.4, -0.2) is 9.97 Å². The first kappa shape index (κ1) is 13.5. The average Bonchev–Trinajstić information content (AvgIpc) is 2.45. The quantitative estimate of drug-likeness (QED) is 0.754. The number of fused-ring (bicyclic) bond motifs is 1. The largest absolute Gasteiger partial charge is 0.339 e. The van der Waals surface area contributed by atoms with Crippen molar-refractivity contribution in [2.24, 2.45) is 0 Å². The van der Waals surface area contributed by atoms with Gasteiger partial charge in [0.2, 0.25) is 0 Å². The lowest BCUT2D eigenvalue weighted by Crippen LogP contribution is -2.00. The first-order valence-corrected chi connectivity index (χ1v) is 6.80. The first-order chi connectivity index (χ1) is 10.0. The fourth-order valence-corrected chi connectivity index (χ4v) is 2.24. The van der Waals surface area contributed by atoms with E-state index in [4.69, 9.17) is 0 Å². The van der Waals surface area contributed by atoms with Crippen molar-refractivity contribution >= 4 is 22.4 Å². The van der Waals surface area contributed by atoms with Crippen molar-refractivity contribution in [3.63, 3.8) is 0 Å². The fraction of sp³-hybridized carbons (Fsp3) is 0.176. The normalized spacial score (nSPS) is 10.9. The summed E-state index contributed by atoms with van der Waals surface area (Å²) in [5, 5.41) is 4.26. The third-order valence-corrected chi connectivity index (χ3v) is 3.44. The summed E-state index contributed by atoms with van der Waals surface area (Å²) >= 11 is 0. The van der Waals surface area contributed by atoms with E-state index >= 15 is 0 Å². The highest BCUT2D eigenvalue weighted by Crippen LogP contribution is 2.23. The molecule has 4 heteroatoms. The molecule has 2 aromatic heterocycles. The summed E-state index contributed by atoms with van der Waals surface area (Å²) in [6.45, 7) is 5.53. The number of rotatable bonds is 2. The summed E-state index contributed by atoms with van der Waals surface area (Å²) in [6.07, 6.45) is 1.77.